The number of fused-ring (bicyclic) bond motifs is 2. The lowest BCUT2D eigenvalue weighted by Gasteiger charge is -2.25. The zero-order chi connectivity index (χ0) is 13.6. The lowest BCUT2D eigenvalue weighted by Crippen LogP contribution is -2.18. The fourth-order valence-electron chi connectivity index (χ4n) is 2.02. The number of rotatable bonds is 1. The fourth-order valence-corrected chi connectivity index (χ4v) is 2.02. The summed E-state index contributed by atoms with van der Waals surface area (Å²) in [5.41, 5.74) is 5.94. The fraction of sp³-hybridized carbons (Fsp3) is 0.214. The van der Waals surface area contributed by atoms with Crippen LogP contribution in [0.25, 0.3) is 0 Å². The summed E-state index contributed by atoms with van der Waals surface area (Å²) < 4.78 is 11.3. The molecule has 5 heteroatoms. The minimum atomic E-state index is -1.05. The van der Waals surface area contributed by atoms with Crippen molar-refractivity contribution in [3.8, 4) is 23.1 Å². The molecule has 0 radical (unpaired) electrons. The van der Waals surface area contributed by atoms with Crippen LogP contribution in [0, 0.1) is 0 Å². The number of anilines is 1. The summed E-state index contributed by atoms with van der Waals surface area (Å²) in [4.78, 5) is 4.09. The average Bonchev–Trinajstić information content (AvgIpc) is 2.34. The molecule has 0 saturated carbocycles. The van der Waals surface area contributed by atoms with Gasteiger partial charge in [0.2, 0.25) is 0 Å². The van der Waals surface area contributed by atoms with E-state index in [1.807, 2.05) is 0 Å². The van der Waals surface area contributed by atoms with Crippen LogP contribution in [0.1, 0.15) is 19.4 Å². The van der Waals surface area contributed by atoms with Crippen molar-refractivity contribution in [2.45, 2.75) is 19.4 Å². The van der Waals surface area contributed by atoms with Crippen molar-refractivity contribution in [3.63, 3.8) is 0 Å². The van der Waals surface area contributed by atoms with E-state index in [0.29, 0.717) is 34.4 Å². The molecule has 2 aromatic rings. The largest absolute Gasteiger partial charge is 0.448 e. The van der Waals surface area contributed by atoms with Gasteiger partial charge in [0.25, 0.3) is 5.88 Å². The highest BCUT2D eigenvalue weighted by Gasteiger charge is 2.26. The number of hydrogen-bond acceptors (Lipinski definition) is 5. The summed E-state index contributed by atoms with van der Waals surface area (Å²) in [5, 5.41) is 10.1. The van der Waals surface area contributed by atoms with Gasteiger partial charge in [0.05, 0.1) is 5.60 Å². The van der Waals surface area contributed by atoms with Gasteiger partial charge in [-0.25, -0.2) is 4.98 Å². The molecule has 1 aliphatic heterocycles. The molecule has 1 aromatic heterocycles. The van der Waals surface area contributed by atoms with Crippen LogP contribution in [-0.2, 0) is 5.60 Å². The molecule has 1 aliphatic rings. The number of pyridine rings is 1. The van der Waals surface area contributed by atoms with Gasteiger partial charge in [-0.05, 0) is 32.0 Å². The minimum absolute atomic E-state index is 0.404. The third-order valence-electron chi connectivity index (χ3n) is 2.94. The average molecular weight is 258 g/mol. The zero-order valence-electron chi connectivity index (χ0n) is 10.7. The Labute approximate surface area is 110 Å². The molecule has 98 valence electrons. The Balaban J connectivity index is 2.10. The second kappa shape index (κ2) is 3.86. The first-order valence-corrected chi connectivity index (χ1v) is 5.92. The maximum absolute atomic E-state index is 10.1. The Kier molecular flexibility index (Phi) is 2.40. The molecule has 1 aromatic carbocycles. The smallest absolute Gasteiger partial charge is 0.263 e. The summed E-state index contributed by atoms with van der Waals surface area (Å²) in [7, 11) is 0. The first-order valence-electron chi connectivity index (χ1n) is 5.92. The number of nitrogens with zero attached hydrogens (tertiary/aromatic N) is 1. The van der Waals surface area contributed by atoms with Crippen LogP contribution in [0.3, 0.4) is 0 Å². The number of nitrogens with two attached hydrogens (primary N) is 1. The van der Waals surface area contributed by atoms with Gasteiger partial charge in [-0.3, -0.25) is 0 Å². The molecular formula is C14H14N2O3. The van der Waals surface area contributed by atoms with Gasteiger partial charge >= 0.3 is 0 Å². The van der Waals surface area contributed by atoms with Gasteiger partial charge in [-0.1, -0.05) is 0 Å². The Morgan fingerprint density at radius 1 is 1.16 bits per heavy atom. The maximum Gasteiger partial charge on any atom is 0.263 e. The van der Waals surface area contributed by atoms with Crippen LogP contribution >= 0.6 is 0 Å². The van der Waals surface area contributed by atoms with Crippen molar-refractivity contribution >= 4 is 5.69 Å². The SMILES string of the molecule is CC(C)(O)c1cc2c(cc1N)Oc1cccnc1O2. The molecule has 0 unspecified atom stereocenters. The third kappa shape index (κ3) is 1.98. The van der Waals surface area contributed by atoms with E-state index in [0.717, 1.165) is 0 Å². The molecule has 3 N–H and O–H groups in total. The highest BCUT2D eigenvalue weighted by atomic mass is 16.6. The van der Waals surface area contributed by atoms with E-state index in [2.05, 4.69) is 4.98 Å². The van der Waals surface area contributed by atoms with E-state index in [9.17, 15) is 5.11 Å². The summed E-state index contributed by atoms with van der Waals surface area (Å²) >= 11 is 0. The molecular weight excluding hydrogens is 244 g/mol. The van der Waals surface area contributed by atoms with Gasteiger partial charge in [-0.2, -0.15) is 0 Å². The molecule has 0 saturated heterocycles. The zero-order valence-corrected chi connectivity index (χ0v) is 10.7. The summed E-state index contributed by atoms with van der Waals surface area (Å²) in [6.07, 6.45) is 1.63. The predicted molar refractivity (Wildman–Crippen MR) is 70.5 cm³/mol. The number of nitrogen functional groups attached to an aromatic ring is 1. The highest BCUT2D eigenvalue weighted by molar-refractivity contribution is 5.63. The number of aromatic nitrogens is 1. The Morgan fingerprint density at radius 2 is 1.89 bits per heavy atom. The summed E-state index contributed by atoms with van der Waals surface area (Å²) in [5.74, 6) is 1.97. The van der Waals surface area contributed by atoms with Gasteiger partial charge < -0.3 is 20.3 Å². The number of aliphatic hydroxyl groups is 1. The summed E-state index contributed by atoms with van der Waals surface area (Å²) in [6, 6.07) is 6.87. The lowest BCUT2D eigenvalue weighted by atomic mass is 9.96. The van der Waals surface area contributed by atoms with Crippen LogP contribution in [-0.4, -0.2) is 10.1 Å². The quantitative estimate of drug-likeness (QED) is 0.656. The van der Waals surface area contributed by atoms with Crippen LogP contribution in [0.4, 0.5) is 5.69 Å². The maximum atomic E-state index is 10.1. The second-order valence-corrected chi connectivity index (χ2v) is 4.96. The normalized spacial score (nSPS) is 13.0. The van der Waals surface area contributed by atoms with Gasteiger partial charge in [-0.15, -0.1) is 0 Å². The van der Waals surface area contributed by atoms with E-state index < -0.39 is 5.60 Å². The molecule has 19 heavy (non-hydrogen) atoms. The Morgan fingerprint density at radius 3 is 2.63 bits per heavy atom. The molecule has 5 nitrogen and oxygen atoms in total. The summed E-state index contributed by atoms with van der Waals surface area (Å²) in [6.45, 7) is 3.34. The lowest BCUT2D eigenvalue weighted by molar-refractivity contribution is 0.0791. The van der Waals surface area contributed by atoms with Gasteiger partial charge in [0, 0.05) is 23.5 Å². The van der Waals surface area contributed by atoms with E-state index in [1.165, 1.54) is 0 Å². The Bertz CT molecular complexity index is 648. The topological polar surface area (TPSA) is 77.6 Å². The molecule has 0 atom stereocenters. The van der Waals surface area contributed by atoms with Crippen LogP contribution in [0.2, 0.25) is 0 Å². The van der Waals surface area contributed by atoms with Crippen molar-refractivity contribution in [2.75, 3.05) is 5.73 Å². The van der Waals surface area contributed by atoms with Crippen molar-refractivity contribution in [1.82, 2.24) is 4.98 Å². The van der Waals surface area contributed by atoms with Crippen molar-refractivity contribution < 1.29 is 14.6 Å². The number of hydrogen-bond donors (Lipinski definition) is 2. The Hall–Kier alpha value is -2.27. The molecule has 0 fully saturated rings. The second-order valence-electron chi connectivity index (χ2n) is 4.96. The van der Waals surface area contributed by atoms with Crippen molar-refractivity contribution in [3.05, 3.63) is 36.0 Å². The minimum Gasteiger partial charge on any atom is -0.448 e. The van der Waals surface area contributed by atoms with Crippen molar-refractivity contribution in [2.24, 2.45) is 0 Å². The molecule has 3 rings (SSSR count). The standard InChI is InChI=1S/C14H14N2O3/c1-14(2,17)8-6-11-12(7-9(8)15)18-10-4-3-5-16-13(10)19-11/h3-7,17H,15H2,1-2H3. The highest BCUT2D eigenvalue weighted by Crippen LogP contribution is 2.46. The molecule has 2 heterocycles. The van der Waals surface area contributed by atoms with Gasteiger partial charge in [0.15, 0.2) is 17.2 Å². The monoisotopic (exact) mass is 258 g/mol. The first kappa shape index (κ1) is 11.8. The van der Waals surface area contributed by atoms with Crippen LogP contribution in [0.15, 0.2) is 30.5 Å². The van der Waals surface area contributed by atoms with Crippen molar-refractivity contribution in [1.29, 1.82) is 0 Å². The molecule has 0 aliphatic carbocycles. The first-order chi connectivity index (χ1) is 8.95. The van der Waals surface area contributed by atoms with E-state index in [4.69, 9.17) is 15.2 Å². The third-order valence-corrected chi connectivity index (χ3v) is 2.94. The molecule has 0 amide bonds. The number of benzene rings is 1. The molecule has 0 bridgehead atoms. The van der Waals surface area contributed by atoms with Crippen LogP contribution < -0.4 is 15.2 Å². The predicted octanol–water partition coefficient (Wildman–Crippen LogP) is 2.79. The number of ether oxygens (including phenoxy) is 2. The van der Waals surface area contributed by atoms with E-state index in [1.54, 1.807) is 44.3 Å². The van der Waals surface area contributed by atoms with Crippen LogP contribution in [0.5, 0.6) is 23.1 Å². The molecule has 0 spiro atoms. The van der Waals surface area contributed by atoms with E-state index >= 15 is 0 Å². The van der Waals surface area contributed by atoms with E-state index in [-0.39, 0.29) is 0 Å². The van der Waals surface area contributed by atoms with Gasteiger partial charge in [0.1, 0.15) is 0 Å².